The highest BCUT2D eigenvalue weighted by molar-refractivity contribution is 8.00. The summed E-state index contributed by atoms with van der Waals surface area (Å²) >= 11 is 1.63. The fourth-order valence-electron chi connectivity index (χ4n) is 2.59. The van der Waals surface area contributed by atoms with Crippen molar-refractivity contribution in [3.05, 3.63) is 65.7 Å². The van der Waals surface area contributed by atoms with Gasteiger partial charge in [-0.15, -0.1) is 11.8 Å². The summed E-state index contributed by atoms with van der Waals surface area (Å²) in [5.41, 5.74) is 2.00. The van der Waals surface area contributed by atoms with Gasteiger partial charge in [0.2, 0.25) is 10.0 Å². The molecule has 1 fully saturated rings. The summed E-state index contributed by atoms with van der Waals surface area (Å²) in [6.45, 7) is 1.01. The van der Waals surface area contributed by atoms with Crippen molar-refractivity contribution in [1.29, 1.82) is 0 Å². The van der Waals surface area contributed by atoms with Gasteiger partial charge in [-0.3, -0.25) is 0 Å². The summed E-state index contributed by atoms with van der Waals surface area (Å²) in [5, 5.41) is -0.211. The lowest BCUT2D eigenvalue weighted by atomic mass is 10.2. The van der Waals surface area contributed by atoms with Crippen molar-refractivity contribution >= 4 is 21.8 Å². The van der Waals surface area contributed by atoms with Crippen LogP contribution in [0.15, 0.2) is 54.6 Å². The van der Waals surface area contributed by atoms with Gasteiger partial charge in [0.15, 0.2) is 0 Å². The van der Waals surface area contributed by atoms with E-state index in [1.165, 1.54) is 6.26 Å². The second-order valence-corrected chi connectivity index (χ2v) is 8.53. The first-order chi connectivity index (χ1) is 11.1. The van der Waals surface area contributed by atoms with Crippen molar-refractivity contribution < 1.29 is 13.2 Å². The Bertz CT molecular complexity index is 762. The van der Waals surface area contributed by atoms with E-state index in [9.17, 15) is 8.42 Å². The van der Waals surface area contributed by atoms with Crippen LogP contribution in [0.3, 0.4) is 0 Å². The van der Waals surface area contributed by atoms with Gasteiger partial charge in [-0.1, -0.05) is 48.5 Å². The molecule has 0 amide bonds. The molecule has 4 nitrogen and oxygen atoms in total. The van der Waals surface area contributed by atoms with Crippen LogP contribution in [0.25, 0.3) is 0 Å². The van der Waals surface area contributed by atoms with E-state index in [1.807, 2.05) is 54.6 Å². The lowest BCUT2D eigenvalue weighted by molar-refractivity contribution is 0.299. The Morgan fingerprint density at radius 2 is 1.83 bits per heavy atom. The van der Waals surface area contributed by atoms with Gasteiger partial charge in [-0.2, -0.15) is 4.31 Å². The van der Waals surface area contributed by atoms with Crippen LogP contribution >= 0.6 is 11.8 Å². The monoisotopic (exact) mass is 349 g/mol. The molecule has 0 radical (unpaired) electrons. The number of sulfonamides is 1. The maximum Gasteiger partial charge on any atom is 0.212 e. The molecule has 3 rings (SSSR count). The first-order valence-corrected chi connectivity index (χ1v) is 10.3. The highest BCUT2D eigenvalue weighted by atomic mass is 32.2. The zero-order valence-corrected chi connectivity index (χ0v) is 14.5. The van der Waals surface area contributed by atoms with E-state index in [0.29, 0.717) is 13.2 Å². The summed E-state index contributed by atoms with van der Waals surface area (Å²) in [5.74, 6) is 1.54. The fraction of sp³-hybridized carbons (Fsp3) is 0.294. The summed E-state index contributed by atoms with van der Waals surface area (Å²) < 4.78 is 31.5. The Morgan fingerprint density at radius 1 is 1.13 bits per heavy atom. The number of rotatable bonds is 5. The SMILES string of the molecule is CS(=O)(=O)N1CCSC1c1ccccc1OCc1ccccc1. The van der Waals surface area contributed by atoms with Crippen molar-refractivity contribution in [2.45, 2.75) is 12.0 Å². The Kier molecular flexibility index (Phi) is 4.94. The minimum Gasteiger partial charge on any atom is -0.489 e. The van der Waals surface area contributed by atoms with E-state index in [2.05, 4.69) is 0 Å². The van der Waals surface area contributed by atoms with Gasteiger partial charge >= 0.3 is 0 Å². The van der Waals surface area contributed by atoms with Gasteiger partial charge in [0.25, 0.3) is 0 Å². The molecule has 1 unspecified atom stereocenters. The molecule has 2 aromatic carbocycles. The van der Waals surface area contributed by atoms with Crippen LogP contribution < -0.4 is 4.74 Å². The minimum atomic E-state index is -3.23. The van der Waals surface area contributed by atoms with Gasteiger partial charge in [-0.25, -0.2) is 8.42 Å². The first kappa shape index (κ1) is 16.4. The summed E-state index contributed by atoms with van der Waals surface area (Å²) in [7, 11) is -3.23. The molecule has 0 bridgehead atoms. The third-order valence-corrected chi connectivity index (χ3v) is 6.32. The molecule has 122 valence electrons. The van der Waals surface area contributed by atoms with Gasteiger partial charge in [0.05, 0.1) is 11.6 Å². The average Bonchev–Trinajstić information content (AvgIpc) is 3.04. The van der Waals surface area contributed by atoms with Crippen LogP contribution in [-0.2, 0) is 16.6 Å². The Hall–Kier alpha value is -1.50. The molecule has 0 spiro atoms. The van der Waals surface area contributed by atoms with E-state index < -0.39 is 10.0 Å². The standard InChI is InChI=1S/C17H19NO3S2/c1-23(19,20)18-11-12-22-17(18)15-9-5-6-10-16(15)21-13-14-7-3-2-4-8-14/h2-10,17H,11-13H2,1H3. The lowest BCUT2D eigenvalue weighted by Gasteiger charge is -2.23. The smallest absolute Gasteiger partial charge is 0.212 e. The molecule has 23 heavy (non-hydrogen) atoms. The highest BCUT2D eigenvalue weighted by Gasteiger charge is 2.34. The van der Waals surface area contributed by atoms with E-state index >= 15 is 0 Å². The van der Waals surface area contributed by atoms with Crippen LogP contribution in [0.2, 0.25) is 0 Å². The van der Waals surface area contributed by atoms with Gasteiger partial charge < -0.3 is 4.74 Å². The lowest BCUT2D eigenvalue weighted by Crippen LogP contribution is -2.29. The van der Waals surface area contributed by atoms with Crippen molar-refractivity contribution in [3.63, 3.8) is 0 Å². The fourth-order valence-corrected chi connectivity index (χ4v) is 5.41. The van der Waals surface area contributed by atoms with E-state index in [4.69, 9.17) is 4.74 Å². The number of hydrogen-bond acceptors (Lipinski definition) is 4. The summed E-state index contributed by atoms with van der Waals surface area (Å²) in [6, 6.07) is 17.6. The van der Waals surface area contributed by atoms with Crippen molar-refractivity contribution in [1.82, 2.24) is 4.31 Å². The highest BCUT2D eigenvalue weighted by Crippen LogP contribution is 2.43. The number of para-hydroxylation sites is 1. The number of ether oxygens (including phenoxy) is 1. The van der Waals surface area contributed by atoms with Crippen LogP contribution in [0.4, 0.5) is 0 Å². The van der Waals surface area contributed by atoms with Crippen LogP contribution in [-0.4, -0.2) is 31.3 Å². The molecule has 0 aliphatic carbocycles. The molecular formula is C17H19NO3S2. The van der Waals surface area contributed by atoms with Gasteiger partial charge in [0, 0.05) is 17.9 Å². The molecule has 1 saturated heterocycles. The van der Waals surface area contributed by atoms with Crippen LogP contribution in [0.1, 0.15) is 16.5 Å². The van der Waals surface area contributed by atoms with Gasteiger partial charge in [0.1, 0.15) is 12.4 Å². The molecule has 0 aromatic heterocycles. The van der Waals surface area contributed by atoms with Crippen molar-refractivity contribution in [2.75, 3.05) is 18.6 Å². The van der Waals surface area contributed by atoms with Crippen molar-refractivity contribution in [2.24, 2.45) is 0 Å². The molecular weight excluding hydrogens is 330 g/mol. The van der Waals surface area contributed by atoms with E-state index in [1.54, 1.807) is 16.1 Å². The number of hydrogen-bond donors (Lipinski definition) is 0. The Balaban J connectivity index is 1.83. The molecule has 1 aliphatic rings. The maximum absolute atomic E-state index is 12.0. The number of benzene rings is 2. The molecule has 6 heteroatoms. The largest absolute Gasteiger partial charge is 0.489 e. The Labute approximate surface area is 141 Å². The second kappa shape index (κ2) is 6.95. The predicted octanol–water partition coefficient (Wildman–Crippen LogP) is 3.27. The topological polar surface area (TPSA) is 46.6 Å². The van der Waals surface area contributed by atoms with Crippen LogP contribution in [0, 0.1) is 0 Å². The zero-order chi connectivity index (χ0) is 16.3. The van der Waals surface area contributed by atoms with E-state index in [0.717, 1.165) is 22.6 Å². The molecule has 1 atom stereocenters. The van der Waals surface area contributed by atoms with E-state index in [-0.39, 0.29) is 5.37 Å². The van der Waals surface area contributed by atoms with Crippen LogP contribution in [0.5, 0.6) is 5.75 Å². The average molecular weight is 349 g/mol. The minimum absolute atomic E-state index is 0.211. The second-order valence-electron chi connectivity index (χ2n) is 5.41. The maximum atomic E-state index is 12.0. The summed E-state index contributed by atoms with van der Waals surface area (Å²) in [6.07, 6.45) is 1.26. The third kappa shape index (κ3) is 3.88. The quantitative estimate of drug-likeness (QED) is 0.831. The Morgan fingerprint density at radius 3 is 2.57 bits per heavy atom. The molecule has 2 aromatic rings. The molecule has 0 N–H and O–H groups in total. The number of nitrogens with zero attached hydrogens (tertiary/aromatic N) is 1. The zero-order valence-electron chi connectivity index (χ0n) is 12.9. The third-order valence-electron chi connectivity index (χ3n) is 3.70. The predicted molar refractivity (Wildman–Crippen MR) is 94.0 cm³/mol. The summed E-state index contributed by atoms with van der Waals surface area (Å²) in [4.78, 5) is 0. The number of thioether (sulfide) groups is 1. The molecule has 1 aliphatic heterocycles. The van der Waals surface area contributed by atoms with Gasteiger partial charge in [-0.05, 0) is 11.6 Å². The molecule has 1 heterocycles. The normalized spacial score (nSPS) is 18.9. The molecule has 0 saturated carbocycles. The van der Waals surface area contributed by atoms with Crippen molar-refractivity contribution in [3.8, 4) is 5.75 Å². The first-order valence-electron chi connectivity index (χ1n) is 7.40.